The predicted molar refractivity (Wildman–Crippen MR) is 39.6 cm³/mol. The first-order valence-electron chi connectivity index (χ1n) is 3.23. The van der Waals surface area contributed by atoms with E-state index < -0.39 is 23.6 Å². The molecule has 1 rings (SSSR count). The molecule has 1 aromatic rings. The number of carbonyl (C=O) groups is 1. The van der Waals surface area contributed by atoms with Crippen LogP contribution in [-0.2, 0) is 22.4 Å². The van der Waals surface area contributed by atoms with Crippen LogP contribution in [-0.4, -0.2) is 34.6 Å². The molecule has 13 heavy (non-hydrogen) atoms. The zero-order valence-corrected chi connectivity index (χ0v) is 7.45. The lowest BCUT2D eigenvalue weighted by atomic mass is 10.6. The van der Waals surface area contributed by atoms with Crippen LogP contribution in [0.5, 0.6) is 0 Å². The Labute approximate surface area is 75.7 Å². The minimum atomic E-state index is -2.56. The van der Waals surface area contributed by atoms with Gasteiger partial charge in [0.2, 0.25) is 5.16 Å². The average Bonchev–Trinajstić information content (AvgIpc) is 2.32. The van der Waals surface area contributed by atoms with Gasteiger partial charge in [-0.15, -0.1) is 10.2 Å². The van der Waals surface area contributed by atoms with Gasteiger partial charge in [-0.1, -0.05) is 0 Å². The maximum Gasteiger partial charge on any atom is 0.323 e. The van der Waals surface area contributed by atoms with E-state index in [-0.39, 0.29) is 11.0 Å². The Hall–Kier alpha value is -1.28. The number of aryl methyl sites for hydroxylation is 1. The van der Waals surface area contributed by atoms with Crippen LogP contribution in [0.25, 0.3) is 0 Å². The van der Waals surface area contributed by atoms with Gasteiger partial charge in [0.05, 0.1) is 0 Å². The van der Waals surface area contributed by atoms with Crippen LogP contribution in [0.1, 0.15) is 5.82 Å². The third kappa shape index (κ3) is 2.10. The summed E-state index contributed by atoms with van der Waals surface area (Å²) >= 11 is -2.56. The van der Waals surface area contributed by atoms with Gasteiger partial charge in [-0.05, 0) is 6.92 Å². The molecule has 0 spiro atoms. The summed E-state index contributed by atoms with van der Waals surface area (Å²) in [4.78, 5) is 10.3. The van der Waals surface area contributed by atoms with Crippen LogP contribution in [0.3, 0.4) is 0 Å². The molecule has 0 aromatic carbocycles. The summed E-state index contributed by atoms with van der Waals surface area (Å²) < 4.78 is 22.0. The van der Waals surface area contributed by atoms with Gasteiger partial charge in [-0.2, -0.15) is 0 Å². The molecule has 0 saturated carbocycles. The molecule has 0 aliphatic carbocycles. The van der Waals surface area contributed by atoms with Gasteiger partial charge in [0.15, 0.2) is 0 Å². The van der Waals surface area contributed by atoms with Crippen LogP contribution in [0.4, 0.5) is 0 Å². The summed E-state index contributed by atoms with van der Waals surface area (Å²) in [6.45, 7) is 1.02. The molecule has 0 amide bonds. The lowest BCUT2D eigenvalue weighted by Crippen LogP contribution is -2.14. The Morgan fingerprint density at radius 3 is 2.77 bits per heavy atom. The summed E-state index contributed by atoms with van der Waals surface area (Å²) in [6.07, 6.45) is 0. The summed E-state index contributed by atoms with van der Waals surface area (Å²) in [6, 6.07) is 0. The number of carboxylic acid groups (broad SMARTS) is 1. The van der Waals surface area contributed by atoms with E-state index >= 15 is 0 Å². The summed E-state index contributed by atoms with van der Waals surface area (Å²) in [5, 5.41) is 14.8. The van der Waals surface area contributed by atoms with E-state index in [0.717, 1.165) is 4.57 Å². The molecular weight excluding hydrogens is 198 g/mol. The van der Waals surface area contributed by atoms with Crippen molar-refractivity contribution in [1.29, 1.82) is 0 Å². The first-order chi connectivity index (χ1) is 6.02. The van der Waals surface area contributed by atoms with E-state index in [0.29, 0.717) is 0 Å². The van der Waals surface area contributed by atoms with E-state index in [1.807, 2.05) is 0 Å². The Balaban J connectivity index is 3.08. The highest BCUT2D eigenvalue weighted by atomic mass is 32.2. The molecule has 1 heterocycles. The second-order valence-electron chi connectivity index (χ2n) is 2.24. The van der Waals surface area contributed by atoms with Crippen LogP contribution in [0.15, 0.2) is 5.16 Å². The minimum Gasteiger partial charge on any atom is -0.766 e. The van der Waals surface area contributed by atoms with Crippen molar-refractivity contribution in [3.05, 3.63) is 5.82 Å². The molecule has 0 radical (unpaired) electrons. The molecular formula is C5H6N3O4S-. The molecule has 0 fully saturated rings. The highest BCUT2D eigenvalue weighted by Gasteiger charge is 2.11. The van der Waals surface area contributed by atoms with Crippen molar-refractivity contribution in [3.63, 3.8) is 0 Å². The van der Waals surface area contributed by atoms with Crippen molar-refractivity contribution in [2.75, 3.05) is 0 Å². The fourth-order valence-electron chi connectivity index (χ4n) is 0.802. The highest BCUT2D eigenvalue weighted by molar-refractivity contribution is 7.79. The number of carboxylic acids is 1. The first kappa shape index (κ1) is 9.81. The molecule has 1 unspecified atom stereocenters. The van der Waals surface area contributed by atoms with E-state index in [1.54, 1.807) is 0 Å². The van der Waals surface area contributed by atoms with E-state index in [2.05, 4.69) is 10.2 Å². The van der Waals surface area contributed by atoms with Crippen molar-refractivity contribution < 1.29 is 18.7 Å². The van der Waals surface area contributed by atoms with Gasteiger partial charge < -0.3 is 9.66 Å². The Kier molecular flexibility index (Phi) is 2.73. The zero-order chi connectivity index (χ0) is 10.0. The topological polar surface area (TPSA) is 108 Å². The molecule has 0 bridgehead atoms. The quantitative estimate of drug-likeness (QED) is 0.626. The summed E-state index contributed by atoms with van der Waals surface area (Å²) in [5.41, 5.74) is 0. The van der Waals surface area contributed by atoms with Crippen LogP contribution in [0.2, 0.25) is 0 Å². The van der Waals surface area contributed by atoms with E-state index in [1.165, 1.54) is 6.92 Å². The number of aliphatic carboxylic acids is 1. The van der Waals surface area contributed by atoms with Crippen LogP contribution in [0, 0.1) is 6.92 Å². The second kappa shape index (κ2) is 3.62. The fourth-order valence-corrected chi connectivity index (χ4v) is 1.29. The SMILES string of the molecule is Cc1nnc(S(=O)[O-])n1CC(=O)O. The average molecular weight is 204 g/mol. The number of nitrogens with zero attached hydrogens (tertiary/aromatic N) is 3. The normalized spacial score (nSPS) is 12.8. The van der Waals surface area contributed by atoms with Crippen LogP contribution >= 0.6 is 0 Å². The molecule has 0 aliphatic heterocycles. The van der Waals surface area contributed by atoms with Gasteiger partial charge in [0.25, 0.3) is 0 Å². The predicted octanol–water partition coefficient (Wildman–Crippen LogP) is -1.09. The standard InChI is InChI=1S/C5H7N3O4S/c1-3-6-7-5(13(11)12)8(3)2-4(9)10/h2H2,1H3,(H,9,10)(H,11,12)/p-1. The lowest BCUT2D eigenvalue weighted by molar-refractivity contribution is -0.137. The van der Waals surface area contributed by atoms with E-state index in [4.69, 9.17) is 5.11 Å². The Bertz CT molecular complexity index is 361. The Morgan fingerprint density at radius 2 is 2.31 bits per heavy atom. The molecule has 7 nitrogen and oxygen atoms in total. The molecule has 1 N–H and O–H groups in total. The van der Waals surface area contributed by atoms with Gasteiger partial charge >= 0.3 is 5.97 Å². The van der Waals surface area contributed by atoms with Crippen LogP contribution < -0.4 is 0 Å². The first-order valence-corrected chi connectivity index (χ1v) is 4.30. The maximum absolute atomic E-state index is 10.5. The molecule has 8 heteroatoms. The molecule has 0 aliphatic rings. The third-order valence-electron chi connectivity index (χ3n) is 1.34. The van der Waals surface area contributed by atoms with E-state index in [9.17, 15) is 13.6 Å². The number of hydrogen-bond acceptors (Lipinski definition) is 5. The molecule has 72 valence electrons. The fraction of sp³-hybridized carbons (Fsp3) is 0.400. The largest absolute Gasteiger partial charge is 0.766 e. The van der Waals surface area contributed by atoms with Crippen molar-refractivity contribution in [3.8, 4) is 0 Å². The zero-order valence-electron chi connectivity index (χ0n) is 6.63. The second-order valence-corrected chi connectivity index (χ2v) is 3.08. The smallest absolute Gasteiger partial charge is 0.323 e. The monoisotopic (exact) mass is 204 g/mol. The molecule has 1 atom stereocenters. The highest BCUT2D eigenvalue weighted by Crippen LogP contribution is 2.03. The van der Waals surface area contributed by atoms with Gasteiger partial charge in [0.1, 0.15) is 12.4 Å². The van der Waals surface area contributed by atoms with Crippen molar-refractivity contribution in [1.82, 2.24) is 14.8 Å². The summed E-state index contributed by atoms with van der Waals surface area (Å²) in [5.74, 6) is -0.892. The third-order valence-corrected chi connectivity index (χ3v) is 1.94. The molecule has 1 aromatic heterocycles. The van der Waals surface area contributed by atoms with Crippen molar-refractivity contribution >= 4 is 17.0 Å². The number of rotatable bonds is 3. The van der Waals surface area contributed by atoms with Crippen molar-refractivity contribution in [2.24, 2.45) is 0 Å². The Morgan fingerprint density at radius 1 is 1.69 bits per heavy atom. The number of aromatic nitrogens is 3. The number of hydrogen-bond donors (Lipinski definition) is 1. The van der Waals surface area contributed by atoms with Gasteiger partial charge in [-0.25, -0.2) is 0 Å². The van der Waals surface area contributed by atoms with Gasteiger partial charge in [-0.3, -0.25) is 13.6 Å². The minimum absolute atomic E-state index is 0.251. The maximum atomic E-state index is 10.5. The van der Waals surface area contributed by atoms with Gasteiger partial charge in [0, 0.05) is 11.1 Å². The summed E-state index contributed by atoms with van der Waals surface area (Å²) in [7, 11) is 0. The van der Waals surface area contributed by atoms with Crippen molar-refractivity contribution in [2.45, 2.75) is 18.6 Å². The lowest BCUT2D eigenvalue weighted by Gasteiger charge is -2.06. The molecule has 0 saturated heterocycles.